The van der Waals surface area contributed by atoms with Gasteiger partial charge in [0.05, 0.1) is 29.7 Å². The van der Waals surface area contributed by atoms with E-state index in [1.165, 1.54) is 5.56 Å². The lowest BCUT2D eigenvalue weighted by Gasteiger charge is -2.36. The van der Waals surface area contributed by atoms with E-state index in [9.17, 15) is 4.79 Å². The molecule has 9 heteroatoms. The average Bonchev–Trinajstić information content (AvgIpc) is 3.26. The summed E-state index contributed by atoms with van der Waals surface area (Å²) in [5.41, 5.74) is 9.19. The van der Waals surface area contributed by atoms with Crippen molar-refractivity contribution in [2.24, 2.45) is 5.10 Å². The quantitative estimate of drug-likeness (QED) is 0.188. The van der Waals surface area contributed by atoms with Crippen LogP contribution in [0.15, 0.2) is 77.9 Å². The fourth-order valence-corrected chi connectivity index (χ4v) is 5.73. The number of halogens is 2. The highest BCUT2D eigenvalue weighted by Gasteiger charge is 2.20. The number of amides is 1. The summed E-state index contributed by atoms with van der Waals surface area (Å²) in [5, 5.41) is 5.36. The molecule has 1 fully saturated rings. The number of hydrazone groups is 1. The molecule has 7 nitrogen and oxygen atoms in total. The predicted molar refractivity (Wildman–Crippen MR) is 167 cm³/mol. The van der Waals surface area contributed by atoms with E-state index in [1.807, 2.05) is 79.1 Å². The Hall–Kier alpha value is -3.78. The van der Waals surface area contributed by atoms with E-state index >= 15 is 0 Å². The van der Waals surface area contributed by atoms with Crippen molar-refractivity contribution in [1.29, 1.82) is 0 Å². The van der Waals surface area contributed by atoms with E-state index < -0.39 is 0 Å². The molecule has 0 aliphatic carbocycles. The normalized spacial score (nSPS) is 14.0. The van der Waals surface area contributed by atoms with E-state index in [-0.39, 0.29) is 5.91 Å². The van der Waals surface area contributed by atoms with Gasteiger partial charge in [0, 0.05) is 60.3 Å². The molecule has 0 unspecified atom stereocenters. The second kappa shape index (κ2) is 12.8. The van der Waals surface area contributed by atoms with E-state index in [2.05, 4.69) is 26.4 Å². The van der Waals surface area contributed by atoms with Crippen LogP contribution >= 0.6 is 23.2 Å². The number of anilines is 1. The molecular weight excluding hydrogens is 557 g/mol. The minimum absolute atomic E-state index is 0.257. The number of aryl methyl sites for hydroxylation is 1. The van der Waals surface area contributed by atoms with E-state index in [4.69, 9.17) is 27.9 Å². The molecule has 1 saturated heterocycles. The van der Waals surface area contributed by atoms with E-state index in [1.54, 1.807) is 19.4 Å². The molecule has 4 aromatic rings. The van der Waals surface area contributed by atoms with Crippen LogP contribution in [0, 0.1) is 13.8 Å². The first-order valence-corrected chi connectivity index (χ1v) is 14.3. The smallest absolute Gasteiger partial charge is 0.271 e. The van der Waals surface area contributed by atoms with Crippen LogP contribution in [0.25, 0.3) is 5.69 Å². The number of carbonyl (C=O) groups is 1. The maximum atomic E-state index is 12.7. The van der Waals surface area contributed by atoms with Crippen LogP contribution in [0.1, 0.15) is 32.9 Å². The van der Waals surface area contributed by atoms with Crippen LogP contribution in [-0.4, -0.2) is 54.9 Å². The van der Waals surface area contributed by atoms with Crippen LogP contribution in [0.2, 0.25) is 10.0 Å². The number of nitrogens with one attached hydrogen (secondary N) is 1. The molecular formula is C32H33Cl2N5O2. The first-order chi connectivity index (χ1) is 19.8. The van der Waals surface area contributed by atoms with Gasteiger partial charge in [-0.1, -0.05) is 47.5 Å². The molecule has 1 aromatic heterocycles. The Morgan fingerprint density at radius 3 is 2.39 bits per heavy atom. The summed E-state index contributed by atoms with van der Waals surface area (Å²) in [7, 11) is 1.71. The summed E-state index contributed by atoms with van der Waals surface area (Å²) in [6.07, 6.45) is 1.65. The van der Waals surface area contributed by atoms with Gasteiger partial charge in [0.1, 0.15) is 5.75 Å². The van der Waals surface area contributed by atoms with Gasteiger partial charge >= 0.3 is 0 Å². The lowest BCUT2D eigenvalue weighted by Crippen LogP contribution is -2.46. The minimum Gasteiger partial charge on any atom is -0.495 e. The third-order valence-corrected chi connectivity index (χ3v) is 7.95. The Kier molecular flexibility index (Phi) is 8.98. The monoisotopic (exact) mass is 589 g/mol. The molecule has 41 heavy (non-hydrogen) atoms. The van der Waals surface area contributed by atoms with Crippen LogP contribution in [0.5, 0.6) is 5.75 Å². The number of piperazine rings is 1. The fraction of sp³-hybridized carbons (Fsp3) is 0.250. The number of hydrogen-bond donors (Lipinski definition) is 1. The topological polar surface area (TPSA) is 62.1 Å². The summed E-state index contributed by atoms with van der Waals surface area (Å²) in [5.74, 6) is 0.651. The van der Waals surface area contributed by atoms with Gasteiger partial charge in [-0.3, -0.25) is 9.69 Å². The van der Waals surface area contributed by atoms with Crippen LogP contribution in [0.4, 0.5) is 5.69 Å². The van der Waals surface area contributed by atoms with Gasteiger partial charge in [-0.25, -0.2) is 5.43 Å². The largest absolute Gasteiger partial charge is 0.495 e. The highest BCUT2D eigenvalue weighted by molar-refractivity contribution is 6.35. The molecule has 5 rings (SSSR count). The molecule has 0 atom stereocenters. The first-order valence-electron chi connectivity index (χ1n) is 13.5. The Morgan fingerprint density at radius 1 is 0.951 bits per heavy atom. The summed E-state index contributed by atoms with van der Waals surface area (Å²) in [6.45, 7) is 8.61. The molecule has 2 heterocycles. The van der Waals surface area contributed by atoms with Crippen molar-refractivity contribution in [3.05, 3.63) is 111 Å². The van der Waals surface area contributed by atoms with Crippen LogP contribution in [0.3, 0.4) is 0 Å². The lowest BCUT2D eigenvalue weighted by molar-refractivity contribution is 0.0955. The lowest BCUT2D eigenvalue weighted by atomic mass is 10.1. The zero-order valence-electron chi connectivity index (χ0n) is 23.4. The fourth-order valence-electron chi connectivity index (χ4n) is 5.23. The molecule has 1 amide bonds. The van der Waals surface area contributed by atoms with Gasteiger partial charge in [0.2, 0.25) is 0 Å². The molecule has 212 valence electrons. The van der Waals surface area contributed by atoms with Crippen molar-refractivity contribution < 1.29 is 9.53 Å². The summed E-state index contributed by atoms with van der Waals surface area (Å²) in [4.78, 5) is 17.5. The highest BCUT2D eigenvalue weighted by Crippen LogP contribution is 2.29. The summed E-state index contributed by atoms with van der Waals surface area (Å²) >= 11 is 12.5. The Morgan fingerprint density at radius 2 is 1.68 bits per heavy atom. The van der Waals surface area contributed by atoms with Crippen molar-refractivity contribution in [2.75, 3.05) is 38.2 Å². The summed E-state index contributed by atoms with van der Waals surface area (Å²) < 4.78 is 7.57. The molecule has 0 radical (unpaired) electrons. The Labute approximate surface area is 250 Å². The number of benzene rings is 3. The zero-order valence-corrected chi connectivity index (χ0v) is 24.9. The molecule has 0 bridgehead atoms. The molecule has 1 aliphatic heterocycles. The van der Waals surface area contributed by atoms with Gasteiger partial charge in [0.15, 0.2) is 0 Å². The number of carbonyl (C=O) groups excluding carboxylic acids is 1. The number of methoxy groups -OCH3 is 1. The SMILES string of the molecule is COc1ccccc1N1CCN(Cc2ccc(C(=O)N/N=C/c3cc(C)n(-c4ccc(Cl)cc4Cl)c3C)cc2)CC1. The number of hydrogen-bond acceptors (Lipinski definition) is 5. The van der Waals surface area contributed by atoms with Gasteiger partial charge in [-0.05, 0) is 67.9 Å². The second-order valence-electron chi connectivity index (χ2n) is 10.1. The number of nitrogens with zero attached hydrogens (tertiary/aromatic N) is 4. The van der Waals surface area contributed by atoms with Crippen LogP contribution < -0.4 is 15.1 Å². The van der Waals surface area contributed by atoms with Gasteiger partial charge in [-0.2, -0.15) is 5.10 Å². The van der Waals surface area contributed by atoms with Crippen LogP contribution in [-0.2, 0) is 6.54 Å². The first kappa shape index (κ1) is 28.7. The molecule has 0 saturated carbocycles. The molecule has 3 aromatic carbocycles. The number of ether oxygens (including phenoxy) is 1. The third kappa shape index (κ3) is 6.59. The third-order valence-electron chi connectivity index (χ3n) is 7.41. The standard InChI is InChI=1S/C32H33Cl2N5O2/c1-22-18-26(23(2)39(22)29-13-12-27(33)19-28(29)34)20-35-36-32(40)25-10-8-24(9-11-25)21-37-14-16-38(17-15-37)30-6-4-5-7-31(30)41-3/h4-13,18-20H,14-17,21H2,1-3H3,(H,36,40)/b35-20+. The number of rotatable bonds is 8. The maximum Gasteiger partial charge on any atom is 0.271 e. The second-order valence-corrected chi connectivity index (χ2v) is 10.9. The molecule has 1 aliphatic rings. The van der Waals surface area contributed by atoms with Gasteiger partial charge in [-0.15, -0.1) is 0 Å². The van der Waals surface area contributed by atoms with Crippen molar-refractivity contribution >= 4 is 41.0 Å². The van der Waals surface area contributed by atoms with E-state index in [0.29, 0.717) is 15.6 Å². The van der Waals surface area contributed by atoms with Crippen molar-refractivity contribution in [2.45, 2.75) is 20.4 Å². The Balaban J connectivity index is 1.15. The number of para-hydroxylation sites is 2. The summed E-state index contributed by atoms with van der Waals surface area (Å²) in [6, 6.07) is 23.3. The van der Waals surface area contributed by atoms with Gasteiger partial charge in [0.25, 0.3) is 5.91 Å². The Bertz CT molecular complexity index is 1560. The maximum absolute atomic E-state index is 12.7. The number of aromatic nitrogens is 1. The van der Waals surface area contributed by atoms with E-state index in [0.717, 1.165) is 66.8 Å². The van der Waals surface area contributed by atoms with Gasteiger partial charge < -0.3 is 14.2 Å². The average molecular weight is 591 g/mol. The highest BCUT2D eigenvalue weighted by atomic mass is 35.5. The van der Waals surface area contributed by atoms with Crippen molar-refractivity contribution in [3.63, 3.8) is 0 Å². The zero-order chi connectivity index (χ0) is 28.9. The predicted octanol–water partition coefficient (Wildman–Crippen LogP) is 6.50. The van der Waals surface area contributed by atoms with Crippen molar-refractivity contribution in [3.8, 4) is 11.4 Å². The van der Waals surface area contributed by atoms with Crippen molar-refractivity contribution in [1.82, 2.24) is 14.9 Å². The molecule has 0 spiro atoms. The minimum atomic E-state index is -0.257. The molecule has 1 N–H and O–H groups in total.